The first kappa shape index (κ1) is 14.4. The van der Waals surface area contributed by atoms with Gasteiger partial charge in [0.15, 0.2) is 5.58 Å². The van der Waals surface area contributed by atoms with E-state index in [0.29, 0.717) is 16.0 Å². The van der Waals surface area contributed by atoms with Crippen LogP contribution in [0.15, 0.2) is 68.8 Å². The summed E-state index contributed by atoms with van der Waals surface area (Å²) in [7, 11) is 0. The van der Waals surface area contributed by atoms with E-state index >= 15 is 0 Å². The Morgan fingerprint density at radius 3 is 2.70 bits per heavy atom. The van der Waals surface area contributed by atoms with E-state index in [2.05, 4.69) is 10.1 Å². The molecule has 4 rings (SSSR count). The van der Waals surface area contributed by atoms with E-state index in [1.807, 2.05) is 54.6 Å². The van der Waals surface area contributed by atoms with Crippen LogP contribution < -0.4 is 0 Å². The van der Waals surface area contributed by atoms with Crippen LogP contribution in [-0.2, 0) is 5.75 Å². The maximum atomic E-state index is 5.89. The molecule has 0 N–H and O–H groups in total. The minimum Gasteiger partial charge on any atom is -0.431 e. The van der Waals surface area contributed by atoms with Crippen molar-refractivity contribution < 1.29 is 8.94 Å². The summed E-state index contributed by atoms with van der Waals surface area (Å²) in [5.74, 6) is 1.37. The number of hydrogen-bond acceptors (Lipinski definition) is 5. The van der Waals surface area contributed by atoms with Gasteiger partial charge in [0.1, 0.15) is 17.0 Å². The van der Waals surface area contributed by atoms with Crippen molar-refractivity contribution in [2.75, 3.05) is 0 Å². The minimum atomic E-state index is 0.605. The van der Waals surface area contributed by atoms with Crippen molar-refractivity contribution in [2.45, 2.75) is 11.0 Å². The number of thioether (sulfide) groups is 1. The molecule has 0 aliphatic rings. The van der Waals surface area contributed by atoms with Gasteiger partial charge >= 0.3 is 0 Å². The van der Waals surface area contributed by atoms with Gasteiger partial charge in [-0.2, -0.15) is 0 Å². The van der Waals surface area contributed by atoms with Gasteiger partial charge in [0.2, 0.25) is 0 Å². The van der Waals surface area contributed by atoms with Crippen molar-refractivity contribution in [1.29, 1.82) is 0 Å². The number of para-hydroxylation sites is 2. The Kier molecular flexibility index (Phi) is 3.81. The Balaban J connectivity index is 1.48. The fraction of sp³-hybridized carbons (Fsp3) is 0.0588. The molecule has 114 valence electrons. The quantitative estimate of drug-likeness (QED) is 0.463. The highest BCUT2D eigenvalue weighted by molar-refractivity contribution is 7.98. The molecule has 0 spiro atoms. The Morgan fingerprint density at radius 2 is 1.87 bits per heavy atom. The van der Waals surface area contributed by atoms with E-state index in [1.54, 1.807) is 0 Å². The van der Waals surface area contributed by atoms with Gasteiger partial charge in [-0.1, -0.05) is 52.8 Å². The van der Waals surface area contributed by atoms with Crippen molar-refractivity contribution in [3.05, 3.63) is 65.4 Å². The van der Waals surface area contributed by atoms with Gasteiger partial charge in [-0.3, -0.25) is 0 Å². The van der Waals surface area contributed by atoms with E-state index in [0.717, 1.165) is 28.1 Å². The van der Waals surface area contributed by atoms with E-state index < -0.39 is 0 Å². The van der Waals surface area contributed by atoms with Gasteiger partial charge in [0, 0.05) is 16.7 Å². The summed E-state index contributed by atoms with van der Waals surface area (Å²) in [5.41, 5.74) is 3.40. The summed E-state index contributed by atoms with van der Waals surface area (Å²) >= 11 is 7.37. The number of aromatic nitrogens is 2. The second-order valence-corrected chi connectivity index (χ2v) is 6.28. The lowest BCUT2D eigenvalue weighted by molar-refractivity contribution is 0.396. The van der Waals surface area contributed by atoms with E-state index in [1.165, 1.54) is 11.8 Å². The third kappa shape index (κ3) is 3.11. The third-order valence-corrected chi connectivity index (χ3v) is 4.41. The summed E-state index contributed by atoms with van der Waals surface area (Å²) in [6.07, 6.45) is 0. The summed E-state index contributed by atoms with van der Waals surface area (Å²) in [5, 5.41) is 5.41. The monoisotopic (exact) mass is 342 g/mol. The van der Waals surface area contributed by atoms with E-state index in [9.17, 15) is 0 Å². The summed E-state index contributed by atoms with van der Waals surface area (Å²) in [4.78, 5) is 4.42. The maximum absolute atomic E-state index is 5.89. The average Bonchev–Trinajstić information content (AvgIpc) is 3.20. The van der Waals surface area contributed by atoms with Crippen LogP contribution in [0.1, 0.15) is 5.76 Å². The van der Waals surface area contributed by atoms with Crippen LogP contribution >= 0.6 is 23.4 Å². The summed E-state index contributed by atoms with van der Waals surface area (Å²) < 4.78 is 11.0. The van der Waals surface area contributed by atoms with Crippen LogP contribution in [0.2, 0.25) is 5.02 Å². The topological polar surface area (TPSA) is 52.1 Å². The molecule has 0 amide bonds. The van der Waals surface area contributed by atoms with Gasteiger partial charge in [0.25, 0.3) is 5.22 Å². The molecular formula is C17H11ClN2O2S. The van der Waals surface area contributed by atoms with Crippen molar-refractivity contribution in [3.63, 3.8) is 0 Å². The lowest BCUT2D eigenvalue weighted by Gasteiger charge is -1.94. The fourth-order valence-corrected chi connectivity index (χ4v) is 3.02. The fourth-order valence-electron chi connectivity index (χ4n) is 2.18. The zero-order valence-electron chi connectivity index (χ0n) is 11.9. The average molecular weight is 343 g/mol. The standard InChI is InChI=1S/C17H11ClN2O2S/c18-12-7-5-11(6-8-12)15-9-13(22-20-15)10-23-17-19-14-3-1-2-4-16(14)21-17/h1-9H,10H2. The Morgan fingerprint density at radius 1 is 1.04 bits per heavy atom. The molecule has 0 atom stereocenters. The highest BCUT2D eigenvalue weighted by atomic mass is 35.5. The first-order valence-corrected chi connectivity index (χ1v) is 8.34. The van der Waals surface area contributed by atoms with Crippen LogP contribution in [0.3, 0.4) is 0 Å². The van der Waals surface area contributed by atoms with Crippen LogP contribution in [0.5, 0.6) is 0 Å². The van der Waals surface area contributed by atoms with Crippen LogP contribution in [-0.4, -0.2) is 10.1 Å². The lowest BCUT2D eigenvalue weighted by Crippen LogP contribution is -1.76. The highest BCUT2D eigenvalue weighted by Crippen LogP contribution is 2.28. The lowest BCUT2D eigenvalue weighted by atomic mass is 10.1. The zero-order chi connectivity index (χ0) is 15.6. The molecule has 0 radical (unpaired) electrons. The molecule has 0 saturated heterocycles. The van der Waals surface area contributed by atoms with Crippen LogP contribution in [0.25, 0.3) is 22.4 Å². The Labute approximate surface area is 141 Å². The first-order valence-electron chi connectivity index (χ1n) is 6.98. The molecule has 4 aromatic rings. The van der Waals surface area contributed by atoms with E-state index in [-0.39, 0.29) is 0 Å². The van der Waals surface area contributed by atoms with Gasteiger partial charge in [-0.25, -0.2) is 4.98 Å². The Hall–Kier alpha value is -2.24. The molecule has 2 aromatic carbocycles. The first-order chi connectivity index (χ1) is 11.3. The number of oxazole rings is 1. The normalized spacial score (nSPS) is 11.2. The maximum Gasteiger partial charge on any atom is 0.257 e. The number of hydrogen-bond donors (Lipinski definition) is 0. The van der Waals surface area contributed by atoms with Crippen molar-refractivity contribution in [2.24, 2.45) is 0 Å². The molecule has 2 heterocycles. The highest BCUT2D eigenvalue weighted by Gasteiger charge is 2.10. The smallest absolute Gasteiger partial charge is 0.257 e. The molecule has 0 unspecified atom stereocenters. The van der Waals surface area contributed by atoms with E-state index in [4.69, 9.17) is 20.5 Å². The van der Waals surface area contributed by atoms with Crippen LogP contribution in [0.4, 0.5) is 0 Å². The van der Waals surface area contributed by atoms with Crippen molar-refractivity contribution in [1.82, 2.24) is 10.1 Å². The van der Waals surface area contributed by atoms with Gasteiger partial charge < -0.3 is 8.94 Å². The van der Waals surface area contributed by atoms with Gasteiger partial charge in [-0.05, 0) is 24.3 Å². The molecule has 0 fully saturated rings. The number of nitrogens with zero attached hydrogens (tertiary/aromatic N) is 2. The SMILES string of the molecule is Clc1ccc(-c2cc(CSc3nc4ccccc4o3)on2)cc1. The molecule has 23 heavy (non-hydrogen) atoms. The zero-order valence-corrected chi connectivity index (χ0v) is 13.5. The predicted molar refractivity (Wildman–Crippen MR) is 90.5 cm³/mol. The summed E-state index contributed by atoms with van der Waals surface area (Å²) in [6, 6.07) is 17.1. The number of benzene rings is 2. The third-order valence-electron chi connectivity index (χ3n) is 3.31. The number of fused-ring (bicyclic) bond motifs is 1. The number of rotatable bonds is 4. The van der Waals surface area contributed by atoms with Crippen molar-refractivity contribution in [3.8, 4) is 11.3 Å². The van der Waals surface area contributed by atoms with Crippen LogP contribution in [0, 0.1) is 0 Å². The largest absolute Gasteiger partial charge is 0.431 e. The predicted octanol–water partition coefficient (Wildman–Crippen LogP) is 5.43. The van der Waals surface area contributed by atoms with Gasteiger partial charge in [0.05, 0.1) is 5.75 Å². The second kappa shape index (κ2) is 6.10. The summed E-state index contributed by atoms with van der Waals surface area (Å²) in [6.45, 7) is 0. The molecule has 0 saturated carbocycles. The molecule has 0 bridgehead atoms. The molecule has 0 aliphatic carbocycles. The number of halogens is 1. The molecule has 6 heteroatoms. The minimum absolute atomic E-state index is 0.605. The molecule has 2 aromatic heterocycles. The van der Waals surface area contributed by atoms with Gasteiger partial charge in [-0.15, -0.1) is 0 Å². The molecular weight excluding hydrogens is 332 g/mol. The Bertz CT molecular complexity index is 914. The second-order valence-electron chi connectivity index (χ2n) is 4.92. The molecule has 0 aliphatic heterocycles. The molecule has 4 nitrogen and oxygen atoms in total. The van der Waals surface area contributed by atoms with Crippen molar-refractivity contribution >= 4 is 34.5 Å².